The molecule has 2 fully saturated rings. The van der Waals surface area contributed by atoms with Gasteiger partial charge < -0.3 is 14.6 Å². The van der Waals surface area contributed by atoms with E-state index in [1.54, 1.807) is 0 Å². The first-order valence-electron chi connectivity index (χ1n) is 8.02. The Morgan fingerprint density at radius 1 is 1.38 bits per heavy atom. The van der Waals surface area contributed by atoms with Gasteiger partial charge in [0.1, 0.15) is 5.76 Å². The van der Waals surface area contributed by atoms with Gasteiger partial charge in [0.2, 0.25) is 0 Å². The van der Waals surface area contributed by atoms with Crippen molar-refractivity contribution >= 4 is 5.91 Å². The molecule has 0 radical (unpaired) electrons. The predicted molar refractivity (Wildman–Crippen MR) is 81.6 cm³/mol. The third-order valence-electron chi connectivity index (χ3n) is 4.67. The van der Waals surface area contributed by atoms with E-state index in [1.807, 2.05) is 17.9 Å². The van der Waals surface area contributed by atoms with E-state index in [0.717, 1.165) is 63.4 Å². The van der Waals surface area contributed by atoms with Gasteiger partial charge >= 0.3 is 0 Å². The number of furan rings is 1. The van der Waals surface area contributed by atoms with E-state index >= 15 is 0 Å². The van der Waals surface area contributed by atoms with Gasteiger partial charge in [-0.1, -0.05) is 6.92 Å². The lowest BCUT2D eigenvalue weighted by atomic mass is 10.2. The Bertz CT molecular complexity index is 506. The van der Waals surface area contributed by atoms with Crippen LogP contribution in [0.4, 0.5) is 0 Å². The summed E-state index contributed by atoms with van der Waals surface area (Å²) in [6.45, 7) is 10.0. The molecule has 0 bridgehead atoms. The zero-order valence-electron chi connectivity index (χ0n) is 13.0. The standard InChI is InChI=1S/C16H25N3O2/c1-3-14-12(2)10-15(21-14)16(20)19-7-4-13(11-19)18-8-5-17-6-9-18/h10,13,17H,3-9,11H2,1-2H3. The van der Waals surface area contributed by atoms with Gasteiger partial charge in [-0.15, -0.1) is 0 Å². The number of nitrogens with one attached hydrogen (secondary N) is 1. The molecule has 1 amide bonds. The SMILES string of the molecule is CCc1oc(C(=O)N2CCC(N3CCNCC3)C2)cc1C. The van der Waals surface area contributed by atoms with Crippen molar-refractivity contribution in [3.8, 4) is 0 Å². The van der Waals surface area contributed by atoms with Gasteiger partial charge in [-0.05, 0) is 25.0 Å². The van der Waals surface area contributed by atoms with Crippen LogP contribution in [0.2, 0.25) is 0 Å². The first-order chi connectivity index (χ1) is 10.2. The van der Waals surface area contributed by atoms with Crippen molar-refractivity contribution in [1.82, 2.24) is 15.1 Å². The van der Waals surface area contributed by atoms with Crippen LogP contribution in [0, 0.1) is 6.92 Å². The van der Waals surface area contributed by atoms with Crippen molar-refractivity contribution in [2.45, 2.75) is 32.7 Å². The number of nitrogens with zero attached hydrogens (tertiary/aromatic N) is 2. The van der Waals surface area contributed by atoms with Gasteiger partial charge in [0.25, 0.3) is 5.91 Å². The maximum Gasteiger partial charge on any atom is 0.289 e. The Labute approximate surface area is 126 Å². The largest absolute Gasteiger partial charge is 0.456 e. The molecule has 5 nitrogen and oxygen atoms in total. The molecular weight excluding hydrogens is 266 g/mol. The van der Waals surface area contributed by atoms with E-state index in [2.05, 4.69) is 17.1 Å². The van der Waals surface area contributed by atoms with Crippen LogP contribution in [0.3, 0.4) is 0 Å². The summed E-state index contributed by atoms with van der Waals surface area (Å²) in [6, 6.07) is 2.40. The second-order valence-corrected chi connectivity index (χ2v) is 6.05. The van der Waals surface area contributed by atoms with Crippen molar-refractivity contribution in [3.05, 3.63) is 23.2 Å². The summed E-state index contributed by atoms with van der Waals surface area (Å²) in [4.78, 5) is 17.0. The van der Waals surface area contributed by atoms with Gasteiger partial charge in [0, 0.05) is 51.7 Å². The number of hydrogen-bond acceptors (Lipinski definition) is 4. The number of amides is 1. The van der Waals surface area contributed by atoms with Crippen LogP contribution in [0.15, 0.2) is 10.5 Å². The molecule has 116 valence electrons. The van der Waals surface area contributed by atoms with E-state index in [0.29, 0.717) is 11.8 Å². The highest BCUT2D eigenvalue weighted by Crippen LogP contribution is 2.21. The van der Waals surface area contributed by atoms with E-state index in [4.69, 9.17) is 4.42 Å². The molecule has 1 aromatic rings. The normalized spacial score (nSPS) is 23.7. The lowest BCUT2D eigenvalue weighted by Crippen LogP contribution is -2.49. The third kappa shape index (κ3) is 2.99. The Balaban J connectivity index is 1.63. The number of likely N-dealkylation sites (tertiary alicyclic amines) is 1. The molecule has 2 aliphatic rings. The second-order valence-electron chi connectivity index (χ2n) is 6.05. The van der Waals surface area contributed by atoms with E-state index in [9.17, 15) is 4.79 Å². The smallest absolute Gasteiger partial charge is 0.289 e. The fourth-order valence-electron chi connectivity index (χ4n) is 3.40. The average Bonchev–Trinajstić information content (AvgIpc) is 3.14. The zero-order chi connectivity index (χ0) is 14.8. The molecule has 0 saturated carbocycles. The maximum atomic E-state index is 12.6. The minimum atomic E-state index is 0.0513. The van der Waals surface area contributed by atoms with E-state index in [1.165, 1.54) is 0 Å². The molecule has 2 saturated heterocycles. The Kier molecular flexibility index (Phi) is 4.31. The van der Waals surface area contributed by atoms with Gasteiger partial charge in [-0.25, -0.2) is 0 Å². The molecule has 2 aliphatic heterocycles. The molecule has 3 rings (SSSR count). The molecular formula is C16H25N3O2. The molecule has 1 atom stereocenters. The highest BCUT2D eigenvalue weighted by atomic mass is 16.4. The van der Waals surface area contributed by atoms with Crippen molar-refractivity contribution in [3.63, 3.8) is 0 Å². The number of hydrogen-bond donors (Lipinski definition) is 1. The Morgan fingerprint density at radius 3 is 2.81 bits per heavy atom. The van der Waals surface area contributed by atoms with Crippen LogP contribution in [0.25, 0.3) is 0 Å². The number of carbonyl (C=O) groups is 1. The quantitative estimate of drug-likeness (QED) is 0.911. The minimum Gasteiger partial charge on any atom is -0.456 e. The summed E-state index contributed by atoms with van der Waals surface area (Å²) in [5.41, 5.74) is 1.08. The lowest BCUT2D eigenvalue weighted by molar-refractivity contribution is 0.0740. The second kappa shape index (κ2) is 6.20. The molecule has 3 heterocycles. The van der Waals surface area contributed by atoms with Gasteiger partial charge in [0.05, 0.1) is 0 Å². The van der Waals surface area contributed by atoms with Crippen LogP contribution < -0.4 is 5.32 Å². The Morgan fingerprint density at radius 2 is 2.14 bits per heavy atom. The van der Waals surface area contributed by atoms with Crippen LogP contribution in [0.5, 0.6) is 0 Å². The Hall–Kier alpha value is -1.33. The maximum absolute atomic E-state index is 12.6. The van der Waals surface area contributed by atoms with Crippen molar-refractivity contribution < 1.29 is 9.21 Å². The summed E-state index contributed by atoms with van der Waals surface area (Å²) < 4.78 is 5.70. The third-order valence-corrected chi connectivity index (χ3v) is 4.67. The summed E-state index contributed by atoms with van der Waals surface area (Å²) >= 11 is 0. The number of rotatable bonds is 3. The van der Waals surface area contributed by atoms with Crippen molar-refractivity contribution in [2.24, 2.45) is 0 Å². The number of carbonyl (C=O) groups excluding carboxylic acids is 1. The highest BCUT2D eigenvalue weighted by Gasteiger charge is 2.32. The topological polar surface area (TPSA) is 48.7 Å². The fraction of sp³-hybridized carbons (Fsp3) is 0.688. The van der Waals surface area contributed by atoms with Crippen molar-refractivity contribution in [1.29, 1.82) is 0 Å². The van der Waals surface area contributed by atoms with Crippen LogP contribution in [-0.2, 0) is 6.42 Å². The number of piperazine rings is 1. The zero-order valence-corrected chi connectivity index (χ0v) is 13.0. The molecule has 1 unspecified atom stereocenters. The lowest BCUT2D eigenvalue weighted by Gasteiger charge is -2.32. The van der Waals surface area contributed by atoms with Crippen LogP contribution in [-0.4, -0.2) is 61.0 Å². The van der Waals surface area contributed by atoms with Crippen molar-refractivity contribution in [2.75, 3.05) is 39.3 Å². The highest BCUT2D eigenvalue weighted by molar-refractivity contribution is 5.92. The summed E-state index contributed by atoms with van der Waals surface area (Å²) in [6.07, 6.45) is 1.91. The molecule has 5 heteroatoms. The summed E-state index contributed by atoms with van der Waals surface area (Å²) in [7, 11) is 0. The van der Waals surface area contributed by atoms with E-state index in [-0.39, 0.29) is 5.91 Å². The average molecular weight is 291 g/mol. The van der Waals surface area contributed by atoms with Gasteiger partial charge in [-0.2, -0.15) is 0 Å². The van der Waals surface area contributed by atoms with Crippen LogP contribution in [0.1, 0.15) is 35.2 Å². The number of aryl methyl sites for hydroxylation is 2. The van der Waals surface area contributed by atoms with E-state index < -0.39 is 0 Å². The molecule has 0 spiro atoms. The van der Waals surface area contributed by atoms with Gasteiger partial charge in [0.15, 0.2) is 5.76 Å². The first-order valence-corrected chi connectivity index (χ1v) is 8.02. The molecule has 1 aromatic heterocycles. The molecule has 21 heavy (non-hydrogen) atoms. The fourth-order valence-corrected chi connectivity index (χ4v) is 3.40. The minimum absolute atomic E-state index is 0.0513. The summed E-state index contributed by atoms with van der Waals surface area (Å²) in [5, 5.41) is 3.38. The first kappa shape index (κ1) is 14.6. The molecule has 1 N–H and O–H groups in total. The monoisotopic (exact) mass is 291 g/mol. The summed E-state index contributed by atoms with van der Waals surface area (Å²) in [5.74, 6) is 1.48. The van der Waals surface area contributed by atoms with Crippen LogP contribution >= 0.6 is 0 Å². The molecule has 0 aromatic carbocycles. The predicted octanol–water partition coefficient (Wildman–Crippen LogP) is 1.27. The van der Waals surface area contributed by atoms with Gasteiger partial charge in [-0.3, -0.25) is 9.69 Å². The molecule has 0 aliphatic carbocycles.